The van der Waals surface area contributed by atoms with Crippen molar-refractivity contribution < 1.29 is 19.8 Å². The summed E-state index contributed by atoms with van der Waals surface area (Å²) >= 11 is 4.63. The predicted octanol–water partition coefficient (Wildman–Crippen LogP) is -3.29. The van der Waals surface area contributed by atoms with Crippen molar-refractivity contribution in [2.24, 2.45) is 0 Å². The van der Waals surface area contributed by atoms with Gasteiger partial charge in [0.05, 0.1) is 11.9 Å². The van der Waals surface area contributed by atoms with E-state index in [-0.39, 0.29) is 37.7 Å². The van der Waals surface area contributed by atoms with Crippen molar-refractivity contribution in [3.63, 3.8) is 0 Å². The first-order chi connectivity index (χ1) is 3.55. The van der Waals surface area contributed by atoms with Crippen molar-refractivity contribution in [2.45, 2.75) is 5.38 Å². The van der Waals surface area contributed by atoms with E-state index in [1.165, 1.54) is 0 Å². The van der Waals surface area contributed by atoms with Crippen molar-refractivity contribution >= 4 is 61.3 Å². The molecule has 46 valence electrons. The summed E-state index contributed by atoms with van der Waals surface area (Å²) < 4.78 is 0. The molecule has 0 aliphatic carbocycles. The number of carboxylic acid groups (broad SMARTS) is 2. The van der Waals surface area contributed by atoms with Crippen LogP contribution in [0.5, 0.6) is 0 Å². The fourth-order valence-electron chi connectivity index (χ4n) is 0.0962. The second-order valence-corrected chi connectivity index (χ2v) is 1.44. The van der Waals surface area contributed by atoms with Crippen LogP contribution in [0.15, 0.2) is 0 Å². The number of aliphatic carboxylic acids is 2. The number of rotatable bonds is 2. The summed E-state index contributed by atoms with van der Waals surface area (Å²) in [6.45, 7) is 0. The average molecular weight is 177 g/mol. The van der Waals surface area contributed by atoms with Gasteiger partial charge < -0.3 is 19.8 Å². The molecule has 0 aromatic rings. The van der Waals surface area contributed by atoms with Gasteiger partial charge in [0.15, 0.2) is 0 Å². The summed E-state index contributed by atoms with van der Waals surface area (Å²) in [6, 6.07) is 0. The summed E-state index contributed by atoms with van der Waals surface area (Å²) in [5.74, 6) is -3.71. The van der Waals surface area contributed by atoms with Crippen molar-refractivity contribution in [1.29, 1.82) is 0 Å². The number of alkyl halides is 1. The van der Waals surface area contributed by atoms with Gasteiger partial charge in [0.2, 0.25) is 0 Å². The van der Waals surface area contributed by atoms with E-state index in [1.54, 1.807) is 0 Å². The smallest absolute Gasteiger partial charge is 0.548 e. The van der Waals surface area contributed by atoms with E-state index < -0.39 is 17.3 Å². The summed E-state index contributed by atoms with van der Waals surface area (Å²) in [5, 5.41) is 16.9. The van der Waals surface area contributed by atoms with E-state index in [2.05, 4.69) is 11.6 Å². The van der Waals surface area contributed by atoms with Gasteiger partial charge in [-0.15, -0.1) is 11.6 Å². The Bertz CT molecular complexity index is 111. The molecule has 0 bridgehead atoms. The van der Waals surface area contributed by atoms with Gasteiger partial charge in [0, 0.05) is 0 Å². The number of hydrogen-bond acceptors (Lipinski definition) is 4. The van der Waals surface area contributed by atoms with Crippen molar-refractivity contribution in [1.82, 2.24) is 0 Å². The molecule has 4 nitrogen and oxygen atoms in total. The minimum atomic E-state index is -2.05. The van der Waals surface area contributed by atoms with Gasteiger partial charge in [0.25, 0.3) is 0 Å². The van der Waals surface area contributed by atoms with Gasteiger partial charge in [-0.05, 0) is 0 Å². The van der Waals surface area contributed by atoms with Crippen LogP contribution in [-0.4, -0.2) is 55.1 Å². The van der Waals surface area contributed by atoms with Gasteiger partial charge in [0.1, 0.15) is 5.38 Å². The molecule has 0 N–H and O–H groups in total. The molecule has 0 aliphatic heterocycles. The molecule has 0 saturated carbocycles. The largest absolute Gasteiger partial charge is 2.00 e. The first-order valence-electron chi connectivity index (χ1n) is 1.61. The zero-order valence-corrected chi connectivity index (χ0v) is 7.26. The first kappa shape index (κ1) is 12.2. The third-order valence-electron chi connectivity index (χ3n) is 0.414. The van der Waals surface area contributed by atoms with Crippen LogP contribution in [0.1, 0.15) is 0 Å². The van der Waals surface area contributed by atoms with Gasteiger partial charge in [-0.3, -0.25) is 0 Å². The zero-order chi connectivity index (χ0) is 6.73. The molecular weight excluding hydrogens is 176 g/mol. The SMILES string of the molecule is O=C([O-])C(Cl)C(=O)[O-].[Ca+2]. The molecule has 0 unspecified atom stereocenters. The van der Waals surface area contributed by atoms with Crippen LogP contribution >= 0.6 is 11.6 Å². The average Bonchev–Trinajstić information content (AvgIpc) is 1.64. The Morgan fingerprint density at radius 1 is 1.22 bits per heavy atom. The Balaban J connectivity index is 0. The Morgan fingerprint density at radius 2 is 1.44 bits per heavy atom. The summed E-state index contributed by atoms with van der Waals surface area (Å²) in [7, 11) is 0. The van der Waals surface area contributed by atoms with E-state index in [4.69, 9.17) is 0 Å². The van der Waals surface area contributed by atoms with Crippen LogP contribution in [0, 0.1) is 0 Å². The molecule has 0 amide bonds. The Kier molecular flexibility index (Phi) is 7.16. The topological polar surface area (TPSA) is 80.3 Å². The Labute approximate surface area is 85.8 Å². The number of carboxylic acids is 2. The molecule has 0 heterocycles. The van der Waals surface area contributed by atoms with Gasteiger partial charge in [-0.2, -0.15) is 0 Å². The second-order valence-electron chi connectivity index (χ2n) is 1.00. The molecule has 0 radical (unpaired) electrons. The molecule has 0 saturated heterocycles. The normalized spacial score (nSPS) is 8.22. The summed E-state index contributed by atoms with van der Waals surface area (Å²) in [4.78, 5) is 19.0. The Hall–Kier alpha value is 0.490. The van der Waals surface area contributed by atoms with Crippen LogP contribution in [0.2, 0.25) is 0 Å². The summed E-state index contributed by atoms with van der Waals surface area (Å²) in [5.41, 5.74) is 0. The van der Waals surface area contributed by atoms with E-state index in [0.29, 0.717) is 0 Å². The number of carbonyl (C=O) groups is 2. The van der Waals surface area contributed by atoms with Crippen molar-refractivity contribution in [2.75, 3.05) is 0 Å². The van der Waals surface area contributed by atoms with Crippen LogP contribution in [0.4, 0.5) is 0 Å². The van der Waals surface area contributed by atoms with Crippen LogP contribution in [0.3, 0.4) is 0 Å². The van der Waals surface area contributed by atoms with Gasteiger partial charge >= 0.3 is 37.7 Å². The maximum Gasteiger partial charge on any atom is 2.00 e. The molecular formula is C3HCaClO4. The van der Waals surface area contributed by atoms with Crippen LogP contribution < -0.4 is 10.2 Å². The maximum absolute atomic E-state index is 9.48. The fraction of sp³-hybridized carbons (Fsp3) is 0.333. The zero-order valence-electron chi connectivity index (χ0n) is 4.30. The van der Waals surface area contributed by atoms with E-state index >= 15 is 0 Å². The van der Waals surface area contributed by atoms with E-state index in [0.717, 1.165) is 0 Å². The predicted molar refractivity (Wildman–Crippen MR) is 25.4 cm³/mol. The molecule has 0 atom stereocenters. The quantitative estimate of drug-likeness (QED) is 0.251. The maximum atomic E-state index is 9.48. The standard InChI is InChI=1S/C3H3ClO4.Ca/c4-1(2(5)6)3(7)8;/h1H,(H,5,6)(H,7,8);/q;+2/p-2. The van der Waals surface area contributed by atoms with Crippen LogP contribution in [-0.2, 0) is 9.59 Å². The first-order valence-corrected chi connectivity index (χ1v) is 2.05. The molecule has 9 heavy (non-hydrogen) atoms. The van der Waals surface area contributed by atoms with E-state index in [9.17, 15) is 19.8 Å². The third kappa shape index (κ3) is 4.96. The van der Waals surface area contributed by atoms with E-state index in [1.807, 2.05) is 0 Å². The minimum Gasteiger partial charge on any atom is -0.548 e. The fourth-order valence-corrected chi connectivity index (χ4v) is 0.0962. The number of carbonyl (C=O) groups excluding carboxylic acids is 2. The summed E-state index contributed by atoms with van der Waals surface area (Å²) in [6.07, 6.45) is 0. The minimum absolute atomic E-state index is 0. The number of halogens is 1. The van der Waals surface area contributed by atoms with Gasteiger partial charge in [-0.25, -0.2) is 0 Å². The Morgan fingerprint density at radius 3 is 1.44 bits per heavy atom. The molecule has 0 aromatic heterocycles. The number of hydrogen-bond donors (Lipinski definition) is 0. The van der Waals surface area contributed by atoms with Crippen molar-refractivity contribution in [3.05, 3.63) is 0 Å². The third-order valence-corrected chi connectivity index (χ3v) is 0.770. The molecule has 0 rings (SSSR count). The van der Waals surface area contributed by atoms with Crippen molar-refractivity contribution in [3.8, 4) is 0 Å². The molecule has 0 aliphatic rings. The monoisotopic (exact) mass is 176 g/mol. The molecule has 0 spiro atoms. The molecule has 0 aromatic carbocycles. The van der Waals surface area contributed by atoms with Crippen LogP contribution in [0.25, 0.3) is 0 Å². The second kappa shape index (κ2) is 5.29. The molecule has 0 fully saturated rings. The van der Waals surface area contributed by atoms with Gasteiger partial charge in [-0.1, -0.05) is 0 Å². The molecule has 6 heteroatoms.